The first kappa shape index (κ1) is 14.0. The SMILES string of the molecule is CCCn1ncnc1CN(CCCBr)C1CCC1. The molecule has 102 valence electrons. The van der Waals surface area contributed by atoms with Crippen LogP contribution >= 0.6 is 15.9 Å². The Morgan fingerprint density at radius 2 is 2.33 bits per heavy atom. The highest BCUT2D eigenvalue weighted by atomic mass is 79.9. The van der Waals surface area contributed by atoms with E-state index in [1.54, 1.807) is 6.33 Å². The van der Waals surface area contributed by atoms with Crippen LogP contribution in [0.4, 0.5) is 0 Å². The third-order valence-electron chi connectivity index (χ3n) is 3.65. The van der Waals surface area contributed by atoms with E-state index in [-0.39, 0.29) is 0 Å². The Morgan fingerprint density at radius 1 is 1.50 bits per heavy atom. The van der Waals surface area contributed by atoms with Crippen molar-refractivity contribution in [3.8, 4) is 0 Å². The summed E-state index contributed by atoms with van der Waals surface area (Å²) in [6, 6.07) is 0.774. The van der Waals surface area contributed by atoms with E-state index in [9.17, 15) is 0 Å². The Hall–Kier alpha value is -0.420. The first-order valence-corrected chi connectivity index (χ1v) is 8.14. The lowest BCUT2D eigenvalue weighted by Gasteiger charge is -2.37. The second-order valence-corrected chi connectivity index (χ2v) is 5.79. The highest BCUT2D eigenvalue weighted by Gasteiger charge is 2.25. The molecule has 18 heavy (non-hydrogen) atoms. The lowest BCUT2D eigenvalue weighted by atomic mass is 9.91. The molecule has 0 bridgehead atoms. The number of alkyl halides is 1. The maximum Gasteiger partial charge on any atom is 0.141 e. The lowest BCUT2D eigenvalue weighted by Crippen LogP contribution is -2.41. The number of aryl methyl sites for hydroxylation is 1. The molecule has 0 saturated heterocycles. The van der Waals surface area contributed by atoms with Gasteiger partial charge in [-0.1, -0.05) is 29.3 Å². The van der Waals surface area contributed by atoms with Crippen LogP contribution < -0.4 is 0 Å². The van der Waals surface area contributed by atoms with Crippen LogP contribution in [0.3, 0.4) is 0 Å². The first-order chi connectivity index (χ1) is 8.85. The predicted molar refractivity (Wildman–Crippen MR) is 76.8 cm³/mol. The molecule has 0 atom stereocenters. The molecule has 1 aliphatic carbocycles. The van der Waals surface area contributed by atoms with Gasteiger partial charge >= 0.3 is 0 Å². The van der Waals surface area contributed by atoms with Crippen LogP contribution in [0.25, 0.3) is 0 Å². The fraction of sp³-hybridized carbons (Fsp3) is 0.846. The molecule has 1 aromatic heterocycles. The van der Waals surface area contributed by atoms with Crippen molar-refractivity contribution in [2.45, 2.75) is 58.2 Å². The standard InChI is InChI=1S/C13H23BrN4/c1-2-8-18-13(15-11-16-18)10-17(9-4-7-14)12-5-3-6-12/h11-12H,2-10H2,1H3. The van der Waals surface area contributed by atoms with E-state index in [1.807, 2.05) is 0 Å². The molecule has 1 aromatic rings. The molecule has 0 N–H and O–H groups in total. The van der Waals surface area contributed by atoms with Crippen molar-refractivity contribution in [3.05, 3.63) is 12.2 Å². The van der Waals surface area contributed by atoms with Gasteiger partial charge in [0.25, 0.3) is 0 Å². The van der Waals surface area contributed by atoms with E-state index in [1.165, 1.54) is 25.7 Å². The molecule has 0 aliphatic heterocycles. The van der Waals surface area contributed by atoms with E-state index in [0.717, 1.165) is 43.3 Å². The molecule has 5 heteroatoms. The zero-order chi connectivity index (χ0) is 12.8. The van der Waals surface area contributed by atoms with Gasteiger partial charge in [-0.05, 0) is 32.2 Å². The van der Waals surface area contributed by atoms with Crippen LogP contribution in [0, 0.1) is 0 Å². The third kappa shape index (κ3) is 3.54. The molecule has 0 amide bonds. The number of aromatic nitrogens is 3. The van der Waals surface area contributed by atoms with Crippen molar-refractivity contribution < 1.29 is 0 Å². The molecule has 1 fully saturated rings. The molecule has 4 nitrogen and oxygen atoms in total. The van der Waals surface area contributed by atoms with Gasteiger partial charge in [0.2, 0.25) is 0 Å². The molecular weight excluding hydrogens is 292 g/mol. The zero-order valence-corrected chi connectivity index (χ0v) is 12.8. The minimum atomic E-state index is 0.774. The molecule has 0 unspecified atom stereocenters. The van der Waals surface area contributed by atoms with Gasteiger partial charge in [-0.15, -0.1) is 0 Å². The molecule has 1 saturated carbocycles. The van der Waals surface area contributed by atoms with E-state index in [2.05, 4.69) is 42.5 Å². The van der Waals surface area contributed by atoms with Crippen molar-refractivity contribution in [2.75, 3.05) is 11.9 Å². The summed E-state index contributed by atoms with van der Waals surface area (Å²) in [4.78, 5) is 7.01. The van der Waals surface area contributed by atoms with Crippen molar-refractivity contribution in [1.82, 2.24) is 19.7 Å². The second-order valence-electron chi connectivity index (χ2n) is 5.00. The van der Waals surface area contributed by atoms with Crippen LogP contribution in [-0.2, 0) is 13.1 Å². The van der Waals surface area contributed by atoms with Gasteiger partial charge in [-0.25, -0.2) is 9.67 Å². The minimum absolute atomic E-state index is 0.774. The third-order valence-corrected chi connectivity index (χ3v) is 4.21. The Morgan fingerprint density at radius 3 is 2.94 bits per heavy atom. The number of halogens is 1. The van der Waals surface area contributed by atoms with Crippen LogP contribution in [0.15, 0.2) is 6.33 Å². The smallest absolute Gasteiger partial charge is 0.141 e. The Labute approximate surface area is 118 Å². The molecule has 0 spiro atoms. The molecule has 0 aromatic carbocycles. The second kappa shape index (κ2) is 7.24. The van der Waals surface area contributed by atoms with Gasteiger partial charge in [-0.3, -0.25) is 4.90 Å². The van der Waals surface area contributed by atoms with Crippen LogP contribution in [0.1, 0.15) is 44.9 Å². The molecule has 2 rings (SSSR count). The predicted octanol–water partition coefficient (Wildman–Crippen LogP) is 2.83. The first-order valence-electron chi connectivity index (χ1n) is 7.01. The molecule has 1 heterocycles. The Kier molecular flexibility index (Phi) is 5.63. The van der Waals surface area contributed by atoms with Gasteiger partial charge in [0.15, 0.2) is 0 Å². The maximum absolute atomic E-state index is 4.42. The number of hydrogen-bond donors (Lipinski definition) is 0. The van der Waals surface area contributed by atoms with Gasteiger partial charge < -0.3 is 0 Å². The molecule has 1 aliphatic rings. The summed E-state index contributed by atoms with van der Waals surface area (Å²) < 4.78 is 2.06. The summed E-state index contributed by atoms with van der Waals surface area (Å²) in [5, 5.41) is 5.39. The van der Waals surface area contributed by atoms with Crippen LogP contribution in [-0.4, -0.2) is 37.6 Å². The summed E-state index contributed by atoms with van der Waals surface area (Å²) >= 11 is 3.52. The van der Waals surface area contributed by atoms with Gasteiger partial charge in [-0.2, -0.15) is 5.10 Å². The monoisotopic (exact) mass is 314 g/mol. The van der Waals surface area contributed by atoms with E-state index in [0.29, 0.717) is 0 Å². The van der Waals surface area contributed by atoms with E-state index < -0.39 is 0 Å². The quantitative estimate of drug-likeness (QED) is 0.692. The highest BCUT2D eigenvalue weighted by Crippen LogP contribution is 2.26. The Balaban J connectivity index is 1.95. The Bertz CT molecular complexity index is 349. The van der Waals surface area contributed by atoms with Gasteiger partial charge in [0.05, 0.1) is 6.54 Å². The average molecular weight is 315 g/mol. The number of nitrogens with zero attached hydrogens (tertiary/aromatic N) is 4. The fourth-order valence-corrected chi connectivity index (χ4v) is 2.65. The zero-order valence-electron chi connectivity index (χ0n) is 11.2. The molecular formula is C13H23BrN4. The minimum Gasteiger partial charge on any atom is -0.293 e. The van der Waals surface area contributed by atoms with Crippen molar-refractivity contribution in [1.29, 1.82) is 0 Å². The van der Waals surface area contributed by atoms with Crippen LogP contribution in [0.5, 0.6) is 0 Å². The molecule has 0 radical (unpaired) electrons. The maximum atomic E-state index is 4.42. The van der Waals surface area contributed by atoms with Gasteiger partial charge in [0.1, 0.15) is 12.2 Å². The topological polar surface area (TPSA) is 34.0 Å². The summed E-state index contributed by atoms with van der Waals surface area (Å²) in [6.07, 6.45) is 8.10. The lowest BCUT2D eigenvalue weighted by molar-refractivity contribution is 0.115. The summed E-state index contributed by atoms with van der Waals surface area (Å²) in [5.74, 6) is 1.12. The van der Waals surface area contributed by atoms with E-state index in [4.69, 9.17) is 0 Å². The number of hydrogen-bond acceptors (Lipinski definition) is 3. The summed E-state index contributed by atoms with van der Waals surface area (Å²) in [7, 11) is 0. The van der Waals surface area contributed by atoms with Crippen molar-refractivity contribution in [2.24, 2.45) is 0 Å². The normalized spacial score (nSPS) is 16.2. The number of rotatable bonds is 8. The fourth-order valence-electron chi connectivity index (χ4n) is 2.40. The summed E-state index contributed by atoms with van der Waals surface area (Å²) in [6.45, 7) is 5.28. The van der Waals surface area contributed by atoms with Crippen molar-refractivity contribution in [3.63, 3.8) is 0 Å². The van der Waals surface area contributed by atoms with E-state index >= 15 is 0 Å². The largest absolute Gasteiger partial charge is 0.293 e. The van der Waals surface area contributed by atoms with Gasteiger partial charge in [0, 0.05) is 17.9 Å². The summed E-state index contributed by atoms with van der Waals surface area (Å²) in [5.41, 5.74) is 0. The van der Waals surface area contributed by atoms with Crippen LogP contribution in [0.2, 0.25) is 0 Å². The van der Waals surface area contributed by atoms with Crippen molar-refractivity contribution >= 4 is 15.9 Å². The average Bonchev–Trinajstić information content (AvgIpc) is 2.72. The highest BCUT2D eigenvalue weighted by molar-refractivity contribution is 9.09.